The fraction of sp³-hybridized carbons (Fsp3) is 0.235. The van der Waals surface area contributed by atoms with E-state index in [1.54, 1.807) is 6.07 Å². The molecule has 0 N–H and O–H groups in total. The molecule has 0 saturated carbocycles. The number of rotatable bonds is 4. The molecule has 0 radical (unpaired) electrons. The topological polar surface area (TPSA) is 79.4 Å². The van der Waals surface area contributed by atoms with Crippen molar-refractivity contribution in [3.05, 3.63) is 57.6 Å². The van der Waals surface area contributed by atoms with Crippen LogP contribution in [0.4, 0.5) is 5.69 Å². The van der Waals surface area contributed by atoms with Crippen LogP contribution in [0.2, 0.25) is 0 Å². The van der Waals surface area contributed by atoms with Crippen LogP contribution in [0.1, 0.15) is 11.1 Å². The summed E-state index contributed by atoms with van der Waals surface area (Å²) in [5.74, 6) is 1.21. The predicted octanol–water partition coefficient (Wildman–Crippen LogP) is 3.64. The Morgan fingerprint density at radius 3 is 3.00 bits per heavy atom. The minimum Gasteiger partial charge on any atom is -0.467 e. The lowest BCUT2D eigenvalue weighted by atomic mass is 10.1. The van der Waals surface area contributed by atoms with Crippen LogP contribution in [0.5, 0.6) is 5.75 Å². The van der Waals surface area contributed by atoms with Gasteiger partial charge in [0.1, 0.15) is 5.75 Å². The monoisotopic (exact) mass is 357 g/mol. The number of nitrogens with zero attached hydrogens (tertiary/aromatic N) is 3. The van der Waals surface area contributed by atoms with Gasteiger partial charge in [0.05, 0.1) is 22.6 Å². The van der Waals surface area contributed by atoms with E-state index in [1.165, 1.54) is 17.8 Å². The molecule has 1 aromatic heterocycles. The summed E-state index contributed by atoms with van der Waals surface area (Å²) >= 11 is 1.53. The van der Waals surface area contributed by atoms with Crippen LogP contribution < -0.4 is 4.74 Å². The van der Waals surface area contributed by atoms with E-state index < -0.39 is 4.92 Å². The molecule has 0 aliphatic carbocycles. The molecule has 1 aliphatic rings. The normalized spacial score (nSPS) is 13.5. The molecule has 0 amide bonds. The summed E-state index contributed by atoms with van der Waals surface area (Å²) < 4.78 is 12.8. The van der Waals surface area contributed by atoms with Crippen LogP contribution in [0.3, 0.4) is 0 Å². The van der Waals surface area contributed by atoms with Gasteiger partial charge in [-0.3, -0.25) is 10.1 Å². The van der Waals surface area contributed by atoms with E-state index in [4.69, 9.17) is 9.47 Å². The number of thioether (sulfide) groups is 1. The van der Waals surface area contributed by atoms with Crippen molar-refractivity contribution >= 4 is 28.5 Å². The Hall–Kier alpha value is -2.58. The van der Waals surface area contributed by atoms with Crippen LogP contribution in [0.15, 0.2) is 41.6 Å². The van der Waals surface area contributed by atoms with Crippen LogP contribution in [0, 0.1) is 10.1 Å². The van der Waals surface area contributed by atoms with Gasteiger partial charge in [0.15, 0.2) is 11.9 Å². The lowest BCUT2D eigenvalue weighted by molar-refractivity contribution is -0.385. The van der Waals surface area contributed by atoms with Gasteiger partial charge in [-0.15, -0.1) is 0 Å². The first-order chi connectivity index (χ1) is 12.1. The van der Waals surface area contributed by atoms with E-state index >= 15 is 0 Å². The second kappa shape index (κ2) is 6.38. The van der Waals surface area contributed by atoms with Crippen molar-refractivity contribution in [2.75, 3.05) is 6.79 Å². The van der Waals surface area contributed by atoms with Crippen molar-refractivity contribution < 1.29 is 14.4 Å². The van der Waals surface area contributed by atoms with E-state index in [9.17, 15) is 10.1 Å². The molecule has 7 nitrogen and oxygen atoms in total. The number of hydrogen-bond donors (Lipinski definition) is 0. The number of fused-ring (bicyclic) bond motifs is 2. The van der Waals surface area contributed by atoms with Crippen LogP contribution in [-0.4, -0.2) is 21.3 Å². The van der Waals surface area contributed by atoms with Crippen LogP contribution in [0.25, 0.3) is 11.0 Å². The summed E-state index contributed by atoms with van der Waals surface area (Å²) in [5, 5.41) is 12.0. The third-order valence-electron chi connectivity index (χ3n) is 4.09. The fourth-order valence-corrected chi connectivity index (χ4v) is 3.84. The Morgan fingerprint density at radius 2 is 2.20 bits per heavy atom. The number of benzene rings is 2. The van der Waals surface area contributed by atoms with Gasteiger partial charge in [0, 0.05) is 36.1 Å². The summed E-state index contributed by atoms with van der Waals surface area (Å²) in [4.78, 5) is 15.4. The number of para-hydroxylation sites is 2. The first-order valence-corrected chi connectivity index (χ1v) is 8.67. The highest BCUT2D eigenvalue weighted by Crippen LogP contribution is 2.36. The SMILES string of the molecule is Cn1c(SCc2cc([N+](=O)[O-])cc3c2OCOC3)nc2ccccc21. The standard InChI is InChI=1S/C17H15N3O4S/c1-19-15-5-3-2-4-14(15)18-17(19)25-9-12-7-13(20(21)22)6-11-8-23-10-24-16(11)12/h2-7H,8-10H2,1H3. The van der Waals surface area contributed by atoms with E-state index in [0.717, 1.165) is 21.8 Å². The molecule has 0 bridgehead atoms. The molecule has 1 aliphatic heterocycles. The summed E-state index contributed by atoms with van der Waals surface area (Å²) in [7, 11) is 1.96. The molecular formula is C17H15N3O4S. The zero-order valence-electron chi connectivity index (χ0n) is 13.5. The molecule has 0 atom stereocenters. The Labute approximate surface area is 147 Å². The van der Waals surface area contributed by atoms with E-state index in [1.807, 2.05) is 35.9 Å². The number of non-ortho nitro benzene ring substituents is 1. The first kappa shape index (κ1) is 15.9. The smallest absolute Gasteiger partial charge is 0.270 e. The molecular weight excluding hydrogens is 342 g/mol. The van der Waals surface area contributed by atoms with Crippen molar-refractivity contribution in [3.8, 4) is 5.75 Å². The molecule has 0 fully saturated rings. The highest BCUT2D eigenvalue weighted by atomic mass is 32.2. The molecule has 25 heavy (non-hydrogen) atoms. The lowest BCUT2D eigenvalue weighted by Gasteiger charge is -2.20. The third kappa shape index (κ3) is 2.94. The second-order valence-electron chi connectivity index (χ2n) is 5.69. The van der Waals surface area contributed by atoms with Gasteiger partial charge in [0.25, 0.3) is 5.69 Å². The van der Waals surface area contributed by atoms with Crippen molar-refractivity contribution in [1.29, 1.82) is 0 Å². The van der Waals surface area contributed by atoms with E-state index in [0.29, 0.717) is 23.7 Å². The van der Waals surface area contributed by atoms with Gasteiger partial charge < -0.3 is 14.0 Å². The Bertz CT molecular complexity index is 970. The van der Waals surface area contributed by atoms with Gasteiger partial charge in [-0.2, -0.15) is 0 Å². The summed E-state index contributed by atoms with van der Waals surface area (Å²) in [6.07, 6.45) is 0. The molecule has 8 heteroatoms. The molecule has 128 valence electrons. The predicted molar refractivity (Wildman–Crippen MR) is 93.7 cm³/mol. The highest BCUT2D eigenvalue weighted by molar-refractivity contribution is 7.98. The number of aryl methyl sites for hydroxylation is 1. The summed E-state index contributed by atoms with van der Waals surface area (Å²) in [6.45, 7) is 0.482. The number of nitro benzene ring substituents is 1. The zero-order valence-corrected chi connectivity index (χ0v) is 14.3. The second-order valence-corrected chi connectivity index (χ2v) is 6.63. The third-order valence-corrected chi connectivity index (χ3v) is 5.16. The molecule has 0 unspecified atom stereocenters. The zero-order chi connectivity index (χ0) is 17.4. The highest BCUT2D eigenvalue weighted by Gasteiger charge is 2.21. The number of nitro groups is 1. The number of aromatic nitrogens is 2. The quantitative estimate of drug-likeness (QED) is 0.403. The van der Waals surface area contributed by atoms with Crippen molar-refractivity contribution in [3.63, 3.8) is 0 Å². The van der Waals surface area contributed by atoms with Gasteiger partial charge in [-0.25, -0.2) is 4.98 Å². The Balaban J connectivity index is 1.66. The van der Waals surface area contributed by atoms with Crippen molar-refractivity contribution in [1.82, 2.24) is 9.55 Å². The molecule has 2 aromatic carbocycles. The first-order valence-electron chi connectivity index (χ1n) is 7.68. The maximum Gasteiger partial charge on any atom is 0.270 e. The van der Waals surface area contributed by atoms with Gasteiger partial charge in [-0.1, -0.05) is 23.9 Å². The molecule has 4 rings (SSSR count). The summed E-state index contributed by atoms with van der Waals surface area (Å²) in [5.41, 5.74) is 3.52. The largest absolute Gasteiger partial charge is 0.467 e. The molecule has 0 spiro atoms. The van der Waals surface area contributed by atoms with Gasteiger partial charge in [-0.05, 0) is 12.1 Å². The minimum atomic E-state index is -0.391. The van der Waals surface area contributed by atoms with Crippen molar-refractivity contribution in [2.24, 2.45) is 7.05 Å². The number of ether oxygens (including phenoxy) is 2. The van der Waals surface area contributed by atoms with Crippen molar-refractivity contribution in [2.45, 2.75) is 17.5 Å². The molecule has 0 saturated heterocycles. The molecule has 3 aromatic rings. The Kier molecular flexibility index (Phi) is 4.06. The van der Waals surface area contributed by atoms with E-state index in [2.05, 4.69) is 4.98 Å². The number of hydrogen-bond acceptors (Lipinski definition) is 6. The molecule has 2 heterocycles. The average Bonchev–Trinajstić information content (AvgIpc) is 2.95. The number of imidazole rings is 1. The summed E-state index contributed by atoms with van der Waals surface area (Å²) in [6, 6.07) is 11.0. The Morgan fingerprint density at radius 1 is 1.36 bits per heavy atom. The van der Waals surface area contributed by atoms with Gasteiger partial charge >= 0.3 is 0 Å². The maximum atomic E-state index is 11.2. The lowest BCUT2D eigenvalue weighted by Crippen LogP contribution is -2.13. The van der Waals surface area contributed by atoms with Crippen LogP contribution in [-0.2, 0) is 24.1 Å². The maximum absolute atomic E-state index is 11.2. The van der Waals surface area contributed by atoms with E-state index in [-0.39, 0.29) is 12.5 Å². The van der Waals surface area contributed by atoms with Gasteiger partial charge in [0.2, 0.25) is 0 Å². The van der Waals surface area contributed by atoms with Crippen LogP contribution >= 0.6 is 11.8 Å². The average molecular weight is 357 g/mol. The fourth-order valence-electron chi connectivity index (χ4n) is 2.89. The minimum absolute atomic E-state index is 0.0495.